The second kappa shape index (κ2) is 8.91. The molecule has 6 heteroatoms. The van der Waals surface area contributed by atoms with Crippen LogP contribution < -0.4 is 10.9 Å². The summed E-state index contributed by atoms with van der Waals surface area (Å²) in [6.07, 6.45) is 0. The lowest BCUT2D eigenvalue weighted by molar-refractivity contribution is 0.102. The van der Waals surface area contributed by atoms with Crippen molar-refractivity contribution in [2.75, 3.05) is 5.32 Å². The number of amides is 1. The number of aryl methyl sites for hydroxylation is 1. The van der Waals surface area contributed by atoms with Crippen LogP contribution in [0.2, 0.25) is 0 Å². The molecule has 36 heavy (non-hydrogen) atoms. The van der Waals surface area contributed by atoms with Crippen molar-refractivity contribution < 1.29 is 9.21 Å². The molecule has 0 aliphatic heterocycles. The molecule has 6 aromatic rings. The fraction of sp³-hybridized carbons (Fsp3) is 0.0333. The molecule has 1 amide bonds. The monoisotopic (exact) mass is 488 g/mol. The van der Waals surface area contributed by atoms with E-state index in [-0.39, 0.29) is 5.91 Å². The standard InChI is InChI=1S/C30H20N2O3S/c1-18-9-14-25-27(15-18)36-29(32-25)19-10-12-23(13-11-19)31-28(33)22-7-4-6-20(16-22)24-17-21-5-2-3-8-26(21)35-30(24)34/h2-17H,1H3,(H,31,33). The highest BCUT2D eigenvalue weighted by Crippen LogP contribution is 2.31. The maximum Gasteiger partial charge on any atom is 0.344 e. The number of carbonyl (C=O) groups is 1. The van der Waals surface area contributed by atoms with Crippen LogP contribution >= 0.6 is 11.3 Å². The van der Waals surface area contributed by atoms with Crippen molar-refractivity contribution in [1.82, 2.24) is 4.98 Å². The maximum absolute atomic E-state index is 13.0. The topological polar surface area (TPSA) is 72.2 Å². The number of hydrogen-bond acceptors (Lipinski definition) is 5. The Labute approximate surface area is 210 Å². The second-order valence-electron chi connectivity index (χ2n) is 8.59. The number of aromatic nitrogens is 1. The minimum absolute atomic E-state index is 0.259. The summed E-state index contributed by atoms with van der Waals surface area (Å²) in [6.45, 7) is 2.07. The van der Waals surface area contributed by atoms with Gasteiger partial charge in [-0.1, -0.05) is 36.4 Å². The summed E-state index contributed by atoms with van der Waals surface area (Å²) in [6, 6.07) is 30.0. The number of para-hydroxylation sites is 1. The molecule has 0 bridgehead atoms. The van der Waals surface area contributed by atoms with Crippen LogP contribution in [0, 0.1) is 6.92 Å². The van der Waals surface area contributed by atoms with E-state index in [1.807, 2.05) is 48.5 Å². The van der Waals surface area contributed by atoms with Crippen LogP contribution in [-0.4, -0.2) is 10.9 Å². The molecule has 2 aromatic heterocycles. The van der Waals surface area contributed by atoms with Crippen LogP contribution in [0.1, 0.15) is 15.9 Å². The van der Waals surface area contributed by atoms with Gasteiger partial charge in [0.2, 0.25) is 0 Å². The van der Waals surface area contributed by atoms with Gasteiger partial charge in [-0.15, -0.1) is 11.3 Å². The van der Waals surface area contributed by atoms with Crippen molar-refractivity contribution in [2.45, 2.75) is 6.92 Å². The molecule has 0 aliphatic carbocycles. The van der Waals surface area contributed by atoms with E-state index < -0.39 is 5.63 Å². The summed E-state index contributed by atoms with van der Waals surface area (Å²) >= 11 is 1.65. The number of carbonyl (C=O) groups excluding carboxylic acids is 1. The van der Waals surface area contributed by atoms with E-state index in [0.717, 1.165) is 26.2 Å². The molecule has 0 saturated heterocycles. The number of benzene rings is 4. The first-order valence-electron chi connectivity index (χ1n) is 11.5. The zero-order chi connectivity index (χ0) is 24.6. The number of rotatable bonds is 4. The molecule has 1 N–H and O–H groups in total. The highest BCUT2D eigenvalue weighted by molar-refractivity contribution is 7.21. The van der Waals surface area contributed by atoms with Crippen LogP contribution in [0.15, 0.2) is 106 Å². The highest BCUT2D eigenvalue weighted by atomic mass is 32.1. The van der Waals surface area contributed by atoms with Crippen molar-refractivity contribution in [1.29, 1.82) is 0 Å². The van der Waals surface area contributed by atoms with E-state index in [9.17, 15) is 9.59 Å². The minimum atomic E-state index is -0.438. The summed E-state index contributed by atoms with van der Waals surface area (Å²) in [7, 11) is 0. The molecular weight excluding hydrogens is 468 g/mol. The zero-order valence-corrected chi connectivity index (χ0v) is 20.1. The van der Waals surface area contributed by atoms with Crippen molar-refractivity contribution in [3.63, 3.8) is 0 Å². The fourth-order valence-electron chi connectivity index (χ4n) is 4.15. The SMILES string of the molecule is Cc1ccc2nc(-c3ccc(NC(=O)c4cccc(-c5cc6ccccc6oc5=O)c4)cc3)sc2c1. The van der Waals surface area contributed by atoms with Gasteiger partial charge in [0.1, 0.15) is 10.6 Å². The lowest BCUT2D eigenvalue weighted by atomic mass is 10.0. The Morgan fingerprint density at radius 1 is 0.861 bits per heavy atom. The number of nitrogens with zero attached hydrogens (tertiary/aromatic N) is 1. The van der Waals surface area contributed by atoms with Crippen LogP contribution in [0.25, 0.3) is 42.9 Å². The van der Waals surface area contributed by atoms with E-state index >= 15 is 0 Å². The first-order valence-corrected chi connectivity index (χ1v) is 12.3. The predicted octanol–water partition coefficient (Wildman–Crippen LogP) is 7.30. The summed E-state index contributed by atoms with van der Waals surface area (Å²) in [5.41, 5.74) is 5.46. The van der Waals surface area contributed by atoms with Gasteiger partial charge in [0.05, 0.1) is 15.8 Å². The largest absolute Gasteiger partial charge is 0.422 e. The molecule has 0 atom stereocenters. The van der Waals surface area contributed by atoms with Crippen LogP contribution in [0.4, 0.5) is 5.69 Å². The van der Waals surface area contributed by atoms with Crippen molar-refractivity contribution in [3.05, 3.63) is 119 Å². The van der Waals surface area contributed by atoms with Gasteiger partial charge in [-0.25, -0.2) is 9.78 Å². The van der Waals surface area contributed by atoms with Crippen molar-refractivity contribution >= 4 is 44.1 Å². The first kappa shape index (κ1) is 21.9. The smallest absolute Gasteiger partial charge is 0.344 e. The maximum atomic E-state index is 13.0. The molecule has 0 radical (unpaired) electrons. The lowest BCUT2D eigenvalue weighted by Crippen LogP contribution is -2.12. The molecule has 0 aliphatic rings. The number of hydrogen-bond donors (Lipinski definition) is 1. The molecule has 5 nitrogen and oxygen atoms in total. The van der Waals surface area contributed by atoms with Gasteiger partial charge in [0.15, 0.2) is 0 Å². The predicted molar refractivity (Wildman–Crippen MR) is 146 cm³/mol. The van der Waals surface area contributed by atoms with Crippen molar-refractivity contribution in [2.24, 2.45) is 0 Å². The number of thiazole rings is 1. The number of anilines is 1. The average Bonchev–Trinajstić information content (AvgIpc) is 3.32. The van der Waals surface area contributed by atoms with Gasteiger partial charge in [0, 0.05) is 22.2 Å². The van der Waals surface area contributed by atoms with E-state index in [0.29, 0.717) is 28.0 Å². The average molecular weight is 489 g/mol. The Kier molecular flexibility index (Phi) is 5.43. The normalized spacial score (nSPS) is 11.1. The van der Waals surface area contributed by atoms with Crippen LogP contribution in [0.3, 0.4) is 0 Å². The van der Waals surface area contributed by atoms with Crippen molar-refractivity contribution in [3.8, 4) is 21.7 Å². The molecular formula is C30H20N2O3S. The highest BCUT2D eigenvalue weighted by Gasteiger charge is 2.12. The van der Waals surface area contributed by atoms with E-state index in [1.54, 1.807) is 47.7 Å². The number of fused-ring (bicyclic) bond motifs is 2. The summed E-state index contributed by atoms with van der Waals surface area (Å²) in [4.78, 5) is 30.3. The molecule has 2 heterocycles. The summed E-state index contributed by atoms with van der Waals surface area (Å²) in [5, 5.41) is 4.70. The Morgan fingerprint density at radius 2 is 1.69 bits per heavy atom. The Bertz CT molecular complexity index is 1820. The third-order valence-electron chi connectivity index (χ3n) is 6.01. The number of nitrogens with one attached hydrogen (secondary N) is 1. The van der Waals surface area contributed by atoms with Gasteiger partial charge in [-0.05, 0) is 78.7 Å². The van der Waals surface area contributed by atoms with Gasteiger partial charge in [0.25, 0.3) is 5.91 Å². The quantitative estimate of drug-likeness (QED) is 0.264. The van der Waals surface area contributed by atoms with Gasteiger partial charge in [-0.2, -0.15) is 0 Å². The van der Waals surface area contributed by atoms with E-state index in [1.165, 1.54) is 5.56 Å². The minimum Gasteiger partial charge on any atom is -0.422 e. The third kappa shape index (κ3) is 4.19. The Hall–Kier alpha value is -4.55. The third-order valence-corrected chi connectivity index (χ3v) is 7.08. The summed E-state index contributed by atoms with van der Waals surface area (Å²) < 4.78 is 6.61. The van der Waals surface area contributed by atoms with E-state index in [2.05, 4.69) is 24.4 Å². The molecule has 0 spiro atoms. The molecule has 0 unspecified atom stereocenters. The van der Waals surface area contributed by atoms with Gasteiger partial charge in [-0.3, -0.25) is 4.79 Å². The molecule has 6 rings (SSSR count). The lowest BCUT2D eigenvalue weighted by Gasteiger charge is -2.08. The molecule has 0 fully saturated rings. The first-order chi connectivity index (χ1) is 17.5. The fourth-order valence-corrected chi connectivity index (χ4v) is 5.22. The second-order valence-corrected chi connectivity index (χ2v) is 9.62. The summed E-state index contributed by atoms with van der Waals surface area (Å²) in [5.74, 6) is -0.259. The van der Waals surface area contributed by atoms with Gasteiger partial charge >= 0.3 is 5.63 Å². The zero-order valence-electron chi connectivity index (χ0n) is 19.3. The van der Waals surface area contributed by atoms with E-state index in [4.69, 9.17) is 9.40 Å². The molecule has 0 saturated carbocycles. The van der Waals surface area contributed by atoms with Gasteiger partial charge < -0.3 is 9.73 Å². The van der Waals surface area contributed by atoms with Crippen LogP contribution in [-0.2, 0) is 0 Å². The Balaban J connectivity index is 1.23. The Morgan fingerprint density at radius 3 is 2.56 bits per heavy atom. The molecule has 4 aromatic carbocycles. The molecule has 174 valence electrons. The van der Waals surface area contributed by atoms with Crippen LogP contribution in [0.5, 0.6) is 0 Å².